The third kappa shape index (κ3) is 1.58. The van der Waals surface area contributed by atoms with Crippen LogP contribution in [-0.4, -0.2) is 18.1 Å². The van der Waals surface area contributed by atoms with Crippen LogP contribution in [0.25, 0.3) is 0 Å². The summed E-state index contributed by atoms with van der Waals surface area (Å²) < 4.78 is 0. The van der Waals surface area contributed by atoms with Gasteiger partial charge in [0.05, 0.1) is 5.69 Å². The molecule has 1 aliphatic rings. The van der Waals surface area contributed by atoms with Crippen LogP contribution in [0.15, 0.2) is 16.9 Å². The van der Waals surface area contributed by atoms with Crippen molar-refractivity contribution in [3.8, 4) is 0 Å². The predicted octanol–water partition coefficient (Wildman–Crippen LogP) is 0.0340. The molecule has 0 radical (unpaired) electrons. The molecule has 1 saturated heterocycles. The van der Waals surface area contributed by atoms with Gasteiger partial charge in [-0.05, 0) is 25.1 Å². The molecule has 0 aliphatic carbocycles. The highest BCUT2D eigenvalue weighted by Gasteiger charge is 2.17. The number of pyridine rings is 1. The number of aromatic amines is 1. The number of hydrogen-bond acceptors (Lipinski definition) is 3. The molecule has 4 nitrogen and oxygen atoms in total. The minimum atomic E-state index is -0.176. The lowest BCUT2D eigenvalue weighted by Crippen LogP contribution is -2.16. The fourth-order valence-electron chi connectivity index (χ4n) is 1.66. The van der Waals surface area contributed by atoms with E-state index in [0.717, 1.165) is 25.2 Å². The van der Waals surface area contributed by atoms with Gasteiger partial charge in [-0.3, -0.25) is 4.79 Å². The van der Waals surface area contributed by atoms with Crippen LogP contribution in [-0.2, 0) is 0 Å². The van der Waals surface area contributed by atoms with Crippen LogP contribution in [0.4, 0.5) is 5.69 Å². The Morgan fingerprint density at radius 1 is 1.46 bits per heavy atom. The van der Waals surface area contributed by atoms with Gasteiger partial charge in [0.15, 0.2) is 0 Å². The van der Waals surface area contributed by atoms with Crippen molar-refractivity contribution in [1.29, 1.82) is 0 Å². The minimum Gasteiger partial charge on any atom is -0.394 e. The molecule has 0 aromatic carbocycles. The molecule has 70 valence electrons. The summed E-state index contributed by atoms with van der Waals surface area (Å²) in [6, 6.07) is 3.57. The van der Waals surface area contributed by atoms with Crippen molar-refractivity contribution >= 4 is 5.69 Å². The number of nitrogens with two attached hydrogens (primary N) is 1. The van der Waals surface area contributed by atoms with Gasteiger partial charge in [0, 0.05) is 18.2 Å². The quantitative estimate of drug-likeness (QED) is 0.569. The Morgan fingerprint density at radius 2 is 2.31 bits per heavy atom. The zero-order chi connectivity index (χ0) is 9.26. The number of H-pyrrole nitrogens is 1. The lowest BCUT2D eigenvalue weighted by molar-refractivity contribution is 0.731. The van der Waals surface area contributed by atoms with Gasteiger partial charge < -0.3 is 16.0 Å². The summed E-state index contributed by atoms with van der Waals surface area (Å²) in [7, 11) is 0. The van der Waals surface area contributed by atoms with E-state index in [0.29, 0.717) is 5.92 Å². The van der Waals surface area contributed by atoms with Crippen molar-refractivity contribution in [2.75, 3.05) is 18.8 Å². The molecule has 0 saturated carbocycles. The molecule has 1 aromatic rings. The maximum absolute atomic E-state index is 11.2. The average molecular weight is 179 g/mol. The van der Waals surface area contributed by atoms with Crippen molar-refractivity contribution in [3.63, 3.8) is 0 Å². The molecule has 0 bridgehead atoms. The van der Waals surface area contributed by atoms with E-state index in [1.165, 1.54) is 0 Å². The number of nitrogens with one attached hydrogen (secondary N) is 2. The monoisotopic (exact) mass is 179 g/mol. The molecule has 1 atom stereocenters. The first kappa shape index (κ1) is 8.31. The fraction of sp³-hybridized carbons (Fsp3) is 0.444. The smallest absolute Gasteiger partial charge is 0.271 e. The van der Waals surface area contributed by atoms with Crippen LogP contribution < -0.4 is 16.6 Å². The largest absolute Gasteiger partial charge is 0.394 e. The van der Waals surface area contributed by atoms with E-state index in [2.05, 4.69) is 10.3 Å². The molecule has 1 fully saturated rings. The first-order valence-corrected chi connectivity index (χ1v) is 4.47. The molecule has 0 amide bonds. The Bertz CT molecular complexity index is 352. The van der Waals surface area contributed by atoms with Crippen molar-refractivity contribution < 1.29 is 0 Å². The molecule has 2 rings (SSSR count). The van der Waals surface area contributed by atoms with E-state index in [1.54, 1.807) is 6.07 Å². The zero-order valence-corrected chi connectivity index (χ0v) is 7.34. The zero-order valence-electron chi connectivity index (χ0n) is 7.34. The molecular formula is C9H13N3O. The van der Waals surface area contributed by atoms with Crippen molar-refractivity contribution in [2.45, 2.75) is 12.3 Å². The highest BCUT2D eigenvalue weighted by Crippen LogP contribution is 2.19. The maximum atomic E-state index is 11.2. The summed E-state index contributed by atoms with van der Waals surface area (Å²) in [6.07, 6.45) is 1.08. The van der Waals surface area contributed by atoms with E-state index in [1.807, 2.05) is 6.07 Å². The summed E-state index contributed by atoms with van der Waals surface area (Å²) in [5.41, 5.74) is 6.53. The first-order chi connectivity index (χ1) is 6.27. The van der Waals surface area contributed by atoms with E-state index >= 15 is 0 Å². The third-order valence-corrected chi connectivity index (χ3v) is 2.46. The summed E-state index contributed by atoms with van der Waals surface area (Å²) in [5, 5.41) is 3.25. The minimum absolute atomic E-state index is 0.176. The van der Waals surface area contributed by atoms with Crippen LogP contribution in [0, 0.1) is 0 Å². The Kier molecular flexibility index (Phi) is 2.06. The van der Waals surface area contributed by atoms with E-state index < -0.39 is 0 Å². The number of nitrogen functional groups attached to an aromatic ring is 1. The molecule has 2 heterocycles. The molecule has 13 heavy (non-hydrogen) atoms. The molecule has 1 aliphatic heterocycles. The molecule has 4 heteroatoms. The van der Waals surface area contributed by atoms with Gasteiger partial charge in [0.1, 0.15) is 0 Å². The molecular weight excluding hydrogens is 166 g/mol. The van der Waals surface area contributed by atoms with Crippen LogP contribution in [0.3, 0.4) is 0 Å². The lowest BCUT2D eigenvalue weighted by atomic mass is 10.0. The van der Waals surface area contributed by atoms with Crippen molar-refractivity contribution in [1.82, 2.24) is 10.3 Å². The van der Waals surface area contributed by atoms with Gasteiger partial charge in [-0.1, -0.05) is 0 Å². The predicted molar refractivity (Wildman–Crippen MR) is 51.7 cm³/mol. The molecule has 4 N–H and O–H groups in total. The fourth-order valence-corrected chi connectivity index (χ4v) is 1.66. The standard InChI is InChI=1S/C9H13N3O/c10-7-1-2-8(12-9(7)13)6-3-4-11-5-6/h1-2,6,11H,3-5,10H2,(H,12,13). The van der Waals surface area contributed by atoms with Gasteiger partial charge in [0.25, 0.3) is 5.56 Å². The summed E-state index contributed by atoms with van der Waals surface area (Å²) in [6.45, 7) is 1.97. The van der Waals surface area contributed by atoms with Crippen LogP contribution in [0.1, 0.15) is 18.0 Å². The number of hydrogen-bond donors (Lipinski definition) is 3. The van der Waals surface area contributed by atoms with E-state index in [9.17, 15) is 4.79 Å². The normalized spacial score (nSPS) is 22.0. The lowest BCUT2D eigenvalue weighted by Gasteiger charge is -2.07. The van der Waals surface area contributed by atoms with Gasteiger partial charge in [0.2, 0.25) is 0 Å². The van der Waals surface area contributed by atoms with E-state index in [-0.39, 0.29) is 11.2 Å². The number of anilines is 1. The number of aromatic nitrogens is 1. The van der Waals surface area contributed by atoms with Gasteiger partial charge in [-0.25, -0.2) is 0 Å². The maximum Gasteiger partial charge on any atom is 0.271 e. The van der Waals surface area contributed by atoms with E-state index in [4.69, 9.17) is 5.73 Å². The molecule has 1 unspecified atom stereocenters. The highest BCUT2D eigenvalue weighted by molar-refractivity contribution is 5.35. The van der Waals surface area contributed by atoms with Crippen molar-refractivity contribution in [2.24, 2.45) is 0 Å². The second-order valence-electron chi connectivity index (χ2n) is 3.39. The number of rotatable bonds is 1. The van der Waals surface area contributed by atoms with Gasteiger partial charge in [-0.2, -0.15) is 0 Å². The Hall–Kier alpha value is -1.29. The topological polar surface area (TPSA) is 70.9 Å². The molecule has 1 aromatic heterocycles. The summed E-state index contributed by atoms with van der Waals surface area (Å²) in [4.78, 5) is 14.0. The van der Waals surface area contributed by atoms with Gasteiger partial charge >= 0.3 is 0 Å². The third-order valence-electron chi connectivity index (χ3n) is 2.46. The van der Waals surface area contributed by atoms with Gasteiger partial charge in [-0.15, -0.1) is 0 Å². The second kappa shape index (κ2) is 3.22. The Morgan fingerprint density at radius 3 is 2.92 bits per heavy atom. The average Bonchev–Trinajstić information content (AvgIpc) is 2.62. The highest BCUT2D eigenvalue weighted by atomic mass is 16.1. The molecule has 0 spiro atoms. The SMILES string of the molecule is Nc1ccc(C2CCNC2)[nH]c1=O. The van der Waals surface area contributed by atoms with Crippen LogP contribution >= 0.6 is 0 Å². The summed E-state index contributed by atoms with van der Waals surface area (Å²) >= 11 is 0. The second-order valence-corrected chi connectivity index (χ2v) is 3.39. The Balaban J connectivity index is 2.30. The van der Waals surface area contributed by atoms with Crippen LogP contribution in [0.2, 0.25) is 0 Å². The summed E-state index contributed by atoms with van der Waals surface area (Å²) in [5.74, 6) is 0.438. The van der Waals surface area contributed by atoms with Crippen molar-refractivity contribution in [3.05, 3.63) is 28.2 Å². The first-order valence-electron chi connectivity index (χ1n) is 4.47. The van der Waals surface area contributed by atoms with Crippen LogP contribution in [0.5, 0.6) is 0 Å². The Labute approximate surface area is 76.2 Å².